The van der Waals surface area contributed by atoms with Gasteiger partial charge in [-0.15, -0.1) is 0 Å². The van der Waals surface area contributed by atoms with Crippen molar-refractivity contribution in [2.75, 3.05) is 25.1 Å². The fourth-order valence-electron chi connectivity index (χ4n) is 5.62. The number of hydrogen-bond donors (Lipinski definition) is 2. The number of aromatic nitrogens is 2. The fraction of sp³-hybridized carbons (Fsp3) is 0.429. The normalized spacial score (nSPS) is 24.0. The van der Waals surface area contributed by atoms with Gasteiger partial charge in [-0.2, -0.15) is 0 Å². The van der Waals surface area contributed by atoms with Crippen molar-refractivity contribution in [2.24, 2.45) is 5.73 Å². The maximum Gasteiger partial charge on any atom is 0.269 e. The summed E-state index contributed by atoms with van der Waals surface area (Å²) in [5.74, 6) is 1.49. The molecule has 0 radical (unpaired) electrons. The molecule has 9 heteroatoms. The summed E-state index contributed by atoms with van der Waals surface area (Å²) < 4.78 is 5.29. The number of methoxy groups -OCH3 is 1. The van der Waals surface area contributed by atoms with Gasteiger partial charge in [-0.05, 0) is 68.1 Å². The van der Waals surface area contributed by atoms with Crippen molar-refractivity contribution in [2.45, 2.75) is 56.1 Å². The number of piperidine rings is 1. The van der Waals surface area contributed by atoms with Gasteiger partial charge < -0.3 is 20.7 Å². The molecule has 2 aliphatic rings. The Balaban J connectivity index is 1.33. The number of nitro benzene ring substituents is 1. The van der Waals surface area contributed by atoms with Gasteiger partial charge in [0.1, 0.15) is 11.6 Å². The van der Waals surface area contributed by atoms with Gasteiger partial charge in [-0.1, -0.05) is 12.8 Å². The van der Waals surface area contributed by atoms with E-state index in [0.29, 0.717) is 5.82 Å². The number of non-ortho nitro benzene ring substituents is 1. The van der Waals surface area contributed by atoms with Gasteiger partial charge in [-0.3, -0.25) is 10.1 Å². The summed E-state index contributed by atoms with van der Waals surface area (Å²) in [7, 11) is 1.66. The second kappa shape index (κ2) is 10.8. The van der Waals surface area contributed by atoms with E-state index in [0.717, 1.165) is 74.3 Å². The second-order valence-electron chi connectivity index (χ2n) is 10.1. The molecule has 1 saturated carbocycles. The number of ether oxygens (including phenoxy) is 1. The Hall–Kier alpha value is -3.56. The fourth-order valence-corrected chi connectivity index (χ4v) is 5.62. The van der Waals surface area contributed by atoms with Crippen LogP contribution in [-0.4, -0.2) is 47.2 Å². The first-order valence-corrected chi connectivity index (χ1v) is 13.0. The predicted molar refractivity (Wildman–Crippen MR) is 144 cm³/mol. The van der Waals surface area contributed by atoms with Crippen LogP contribution in [0, 0.1) is 10.1 Å². The van der Waals surface area contributed by atoms with Crippen molar-refractivity contribution < 1.29 is 9.66 Å². The Labute approximate surface area is 217 Å². The Morgan fingerprint density at radius 2 is 1.86 bits per heavy atom. The molecule has 3 unspecified atom stereocenters. The number of benzene rings is 2. The molecule has 1 saturated heterocycles. The molecular formula is C28H34N6O3. The summed E-state index contributed by atoms with van der Waals surface area (Å²) in [6, 6.07) is 16.9. The quantitative estimate of drug-likeness (QED) is 0.360. The average Bonchev–Trinajstić information content (AvgIpc) is 2.95. The number of nitrogens with two attached hydrogens (primary N) is 1. The summed E-state index contributed by atoms with van der Waals surface area (Å²) in [5, 5.41) is 14.9. The van der Waals surface area contributed by atoms with Crippen LogP contribution in [0.4, 0.5) is 11.4 Å². The standard InChI is InChI=1S/C28H34N6O3/c1-37-24-13-7-20(8-14-24)25-15-17-30-27(32-25)28(29)16-3-2-6-26(28)31-21-5-4-18-33(19-21)22-9-11-23(12-10-22)34(35)36/h7-15,17,21,26,31H,2-6,16,18-19,29H2,1H3. The first kappa shape index (κ1) is 25.1. The average molecular weight is 503 g/mol. The van der Waals surface area contributed by atoms with Crippen LogP contribution in [-0.2, 0) is 5.54 Å². The lowest BCUT2D eigenvalue weighted by Crippen LogP contribution is -2.61. The molecule has 0 spiro atoms. The molecule has 2 heterocycles. The van der Waals surface area contributed by atoms with Crippen LogP contribution < -0.4 is 20.7 Å². The zero-order valence-electron chi connectivity index (χ0n) is 21.2. The number of nitrogens with zero attached hydrogens (tertiary/aromatic N) is 4. The minimum Gasteiger partial charge on any atom is -0.497 e. The van der Waals surface area contributed by atoms with Crippen LogP contribution in [0.5, 0.6) is 5.75 Å². The molecule has 1 aliphatic heterocycles. The first-order valence-electron chi connectivity index (χ1n) is 13.0. The zero-order chi connectivity index (χ0) is 25.8. The van der Waals surface area contributed by atoms with Gasteiger partial charge in [0.25, 0.3) is 5.69 Å². The molecule has 1 aromatic heterocycles. The van der Waals surface area contributed by atoms with Gasteiger partial charge in [-0.25, -0.2) is 9.97 Å². The van der Waals surface area contributed by atoms with Gasteiger partial charge in [0.15, 0.2) is 0 Å². The van der Waals surface area contributed by atoms with Crippen molar-refractivity contribution in [3.8, 4) is 17.0 Å². The van der Waals surface area contributed by atoms with E-state index in [1.807, 2.05) is 42.5 Å². The van der Waals surface area contributed by atoms with E-state index in [2.05, 4.69) is 15.2 Å². The minimum atomic E-state index is -0.656. The van der Waals surface area contributed by atoms with E-state index < -0.39 is 5.54 Å². The van der Waals surface area contributed by atoms with Gasteiger partial charge in [0, 0.05) is 54.8 Å². The summed E-state index contributed by atoms with van der Waals surface area (Å²) in [6.07, 6.45) is 7.87. The third kappa shape index (κ3) is 5.42. The number of nitro groups is 1. The summed E-state index contributed by atoms with van der Waals surface area (Å²) in [6.45, 7) is 1.76. The highest BCUT2D eigenvalue weighted by Crippen LogP contribution is 2.35. The highest BCUT2D eigenvalue weighted by molar-refractivity contribution is 5.60. The Morgan fingerprint density at radius 1 is 1.08 bits per heavy atom. The number of rotatable bonds is 7. The zero-order valence-corrected chi connectivity index (χ0v) is 21.2. The smallest absolute Gasteiger partial charge is 0.269 e. The molecule has 3 atom stereocenters. The van der Waals surface area contributed by atoms with Crippen LogP contribution in [0.15, 0.2) is 60.8 Å². The molecule has 9 nitrogen and oxygen atoms in total. The maximum absolute atomic E-state index is 11.0. The molecule has 2 aromatic carbocycles. The summed E-state index contributed by atoms with van der Waals surface area (Å²) in [4.78, 5) is 22.6. The lowest BCUT2D eigenvalue weighted by Gasteiger charge is -2.44. The summed E-state index contributed by atoms with van der Waals surface area (Å²) >= 11 is 0. The molecule has 5 rings (SSSR count). The molecule has 2 fully saturated rings. The van der Waals surface area contributed by atoms with Crippen molar-refractivity contribution in [3.05, 3.63) is 76.7 Å². The Bertz CT molecular complexity index is 1220. The monoisotopic (exact) mass is 502 g/mol. The first-order chi connectivity index (χ1) is 18.0. The minimum absolute atomic E-state index is 0.0641. The van der Waals surface area contributed by atoms with Crippen molar-refractivity contribution >= 4 is 11.4 Å². The van der Waals surface area contributed by atoms with Crippen LogP contribution in [0.3, 0.4) is 0 Å². The molecule has 3 aromatic rings. The van der Waals surface area contributed by atoms with Crippen molar-refractivity contribution in [3.63, 3.8) is 0 Å². The highest BCUT2D eigenvalue weighted by atomic mass is 16.6. The van der Waals surface area contributed by atoms with E-state index in [4.69, 9.17) is 15.5 Å². The van der Waals surface area contributed by atoms with E-state index in [9.17, 15) is 10.1 Å². The van der Waals surface area contributed by atoms with Gasteiger partial charge in [0.05, 0.1) is 23.3 Å². The Morgan fingerprint density at radius 3 is 2.59 bits per heavy atom. The molecule has 194 valence electrons. The van der Waals surface area contributed by atoms with Crippen molar-refractivity contribution in [1.82, 2.24) is 15.3 Å². The van der Waals surface area contributed by atoms with Gasteiger partial charge >= 0.3 is 0 Å². The molecule has 0 amide bonds. The summed E-state index contributed by atoms with van der Waals surface area (Å²) in [5.41, 5.74) is 9.46. The SMILES string of the molecule is COc1ccc(-c2ccnc(C3(N)CCCCC3NC3CCCN(c4ccc([N+](=O)[O-])cc4)C3)n2)cc1. The van der Waals surface area contributed by atoms with Crippen molar-refractivity contribution in [1.29, 1.82) is 0 Å². The lowest BCUT2D eigenvalue weighted by molar-refractivity contribution is -0.384. The number of hydrogen-bond acceptors (Lipinski definition) is 8. The van der Waals surface area contributed by atoms with E-state index in [1.54, 1.807) is 25.4 Å². The number of nitrogens with one attached hydrogen (secondary N) is 1. The molecule has 37 heavy (non-hydrogen) atoms. The third-order valence-corrected chi connectivity index (χ3v) is 7.70. The van der Waals surface area contributed by atoms with Crippen LogP contribution in [0.25, 0.3) is 11.3 Å². The molecule has 1 aliphatic carbocycles. The third-order valence-electron chi connectivity index (χ3n) is 7.70. The predicted octanol–water partition coefficient (Wildman–Crippen LogP) is 4.42. The van der Waals surface area contributed by atoms with Crippen LogP contribution in [0.1, 0.15) is 44.3 Å². The topological polar surface area (TPSA) is 119 Å². The van der Waals surface area contributed by atoms with Crippen LogP contribution >= 0.6 is 0 Å². The second-order valence-corrected chi connectivity index (χ2v) is 10.1. The molecule has 3 N–H and O–H groups in total. The molecular weight excluding hydrogens is 468 g/mol. The largest absolute Gasteiger partial charge is 0.497 e. The van der Waals surface area contributed by atoms with E-state index in [-0.39, 0.29) is 22.7 Å². The Kier molecular flexibility index (Phi) is 7.34. The highest BCUT2D eigenvalue weighted by Gasteiger charge is 2.42. The number of anilines is 1. The van der Waals surface area contributed by atoms with E-state index in [1.165, 1.54) is 0 Å². The lowest BCUT2D eigenvalue weighted by atomic mass is 9.76. The van der Waals surface area contributed by atoms with Crippen LogP contribution in [0.2, 0.25) is 0 Å². The van der Waals surface area contributed by atoms with Gasteiger partial charge in [0.2, 0.25) is 0 Å². The maximum atomic E-state index is 11.0. The molecule has 0 bridgehead atoms. The van der Waals surface area contributed by atoms with E-state index >= 15 is 0 Å².